The number of rotatable bonds is 4. The number of hydrogen-bond acceptors (Lipinski definition) is 5. The van der Waals surface area contributed by atoms with Crippen LogP contribution in [0.1, 0.15) is 10.4 Å². The molecule has 108 valence electrons. The first kappa shape index (κ1) is 14.5. The number of nitro groups is 1. The summed E-state index contributed by atoms with van der Waals surface area (Å²) in [7, 11) is 2.77. The third kappa shape index (κ3) is 3.00. The van der Waals surface area contributed by atoms with E-state index in [1.807, 2.05) is 0 Å². The van der Waals surface area contributed by atoms with Crippen molar-refractivity contribution >= 4 is 11.7 Å². The molecule has 0 aromatic heterocycles. The maximum atomic E-state index is 11.9. The first-order valence-corrected chi connectivity index (χ1v) is 6.08. The van der Waals surface area contributed by atoms with E-state index in [1.165, 1.54) is 32.4 Å². The van der Waals surface area contributed by atoms with Gasteiger partial charge in [-0.05, 0) is 29.3 Å². The van der Waals surface area contributed by atoms with Crippen molar-refractivity contribution in [1.82, 2.24) is 0 Å². The first-order valence-electron chi connectivity index (χ1n) is 6.08. The Balaban J connectivity index is 2.61. The number of carbonyl (C=O) groups excluding carboxylic acids is 1. The van der Waals surface area contributed by atoms with Gasteiger partial charge in [0.15, 0.2) is 0 Å². The third-order valence-electron chi connectivity index (χ3n) is 3.00. The molecule has 0 fully saturated rings. The minimum absolute atomic E-state index is 0.139. The summed E-state index contributed by atoms with van der Waals surface area (Å²) >= 11 is 0. The maximum absolute atomic E-state index is 11.9. The number of non-ortho nitro benzene ring substituents is 1. The summed E-state index contributed by atoms with van der Waals surface area (Å²) in [6, 6.07) is 11.2. The van der Waals surface area contributed by atoms with Crippen molar-refractivity contribution in [2.45, 2.75) is 0 Å². The summed E-state index contributed by atoms with van der Waals surface area (Å²) in [6.45, 7) is 0. The largest absolute Gasteiger partial charge is 0.497 e. The van der Waals surface area contributed by atoms with Crippen LogP contribution in [-0.4, -0.2) is 25.1 Å². The van der Waals surface area contributed by atoms with Gasteiger partial charge in [0.05, 0.1) is 24.7 Å². The van der Waals surface area contributed by atoms with Gasteiger partial charge in [0, 0.05) is 12.1 Å². The molecule has 0 amide bonds. The molecular weight excluding hydrogens is 274 g/mol. The molecule has 2 aromatic carbocycles. The van der Waals surface area contributed by atoms with Crippen molar-refractivity contribution in [3.63, 3.8) is 0 Å². The molecule has 2 aromatic rings. The molecule has 0 radical (unpaired) electrons. The number of hydrogen-bond donors (Lipinski definition) is 0. The molecule has 21 heavy (non-hydrogen) atoms. The summed E-state index contributed by atoms with van der Waals surface area (Å²) < 4.78 is 9.84. The van der Waals surface area contributed by atoms with Crippen LogP contribution in [-0.2, 0) is 4.74 Å². The maximum Gasteiger partial charge on any atom is 0.338 e. The van der Waals surface area contributed by atoms with Gasteiger partial charge in [-0.3, -0.25) is 10.1 Å². The number of nitrogens with zero attached hydrogens (tertiary/aromatic N) is 1. The molecule has 0 saturated carbocycles. The molecule has 2 rings (SSSR count). The van der Waals surface area contributed by atoms with Crippen molar-refractivity contribution in [3.05, 3.63) is 58.1 Å². The predicted molar refractivity (Wildman–Crippen MR) is 76.4 cm³/mol. The lowest BCUT2D eigenvalue weighted by molar-refractivity contribution is -0.384. The van der Waals surface area contributed by atoms with Crippen LogP contribution in [0.4, 0.5) is 5.69 Å². The van der Waals surface area contributed by atoms with E-state index in [0.717, 1.165) is 0 Å². The van der Waals surface area contributed by atoms with Crippen LogP contribution >= 0.6 is 0 Å². The van der Waals surface area contributed by atoms with Crippen LogP contribution in [0, 0.1) is 10.1 Å². The average molecular weight is 287 g/mol. The van der Waals surface area contributed by atoms with Crippen molar-refractivity contribution in [2.75, 3.05) is 14.2 Å². The second-order valence-corrected chi connectivity index (χ2v) is 4.21. The zero-order chi connectivity index (χ0) is 15.4. The molecule has 6 heteroatoms. The molecular formula is C15H13NO5. The summed E-state index contributed by atoms with van der Waals surface area (Å²) in [4.78, 5) is 22.2. The van der Waals surface area contributed by atoms with Gasteiger partial charge in [-0.15, -0.1) is 0 Å². The van der Waals surface area contributed by atoms with E-state index in [2.05, 4.69) is 0 Å². The van der Waals surface area contributed by atoms with Crippen molar-refractivity contribution in [1.29, 1.82) is 0 Å². The van der Waals surface area contributed by atoms with Gasteiger partial charge in [0.2, 0.25) is 0 Å². The van der Waals surface area contributed by atoms with Gasteiger partial charge in [0.25, 0.3) is 5.69 Å². The van der Waals surface area contributed by atoms with Crippen molar-refractivity contribution in [2.24, 2.45) is 0 Å². The summed E-state index contributed by atoms with van der Waals surface area (Å²) in [5.41, 5.74) is 1.23. The van der Waals surface area contributed by atoms with E-state index in [9.17, 15) is 14.9 Å². The average Bonchev–Trinajstić information content (AvgIpc) is 2.53. The van der Waals surface area contributed by atoms with Crippen molar-refractivity contribution in [3.8, 4) is 16.9 Å². The van der Waals surface area contributed by atoms with Gasteiger partial charge in [-0.2, -0.15) is 0 Å². The van der Waals surface area contributed by atoms with Crippen LogP contribution < -0.4 is 4.74 Å². The van der Waals surface area contributed by atoms with Crippen LogP contribution in [0.15, 0.2) is 42.5 Å². The number of esters is 1. The highest BCUT2D eigenvalue weighted by molar-refractivity contribution is 5.98. The molecule has 0 bridgehead atoms. The van der Waals surface area contributed by atoms with E-state index in [0.29, 0.717) is 16.9 Å². The molecule has 6 nitrogen and oxygen atoms in total. The van der Waals surface area contributed by atoms with Gasteiger partial charge in [-0.1, -0.05) is 12.1 Å². The van der Waals surface area contributed by atoms with Gasteiger partial charge >= 0.3 is 5.97 Å². The fraction of sp³-hybridized carbons (Fsp3) is 0.133. The lowest BCUT2D eigenvalue weighted by Crippen LogP contribution is -2.04. The SMILES string of the molecule is COC(=O)c1cc([N+](=O)[O-])ccc1-c1cccc(OC)c1. The highest BCUT2D eigenvalue weighted by Crippen LogP contribution is 2.30. The monoisotopic (exact) mass is 287 g/mol. The zero-order valence-corrected chi connectivity index (χ0v) is 11.5. The zero-order valence-electron chi connectivity index (χ0n) is 11.5. The smallest absolute Gasteiger partial charge is 0.338 e. The number of ether oxygens (including phenoxy) is 2. The predicted octanol–water partition coefficient (Wildman–Crippen LogP) is 3.06. The fourth-order valence-electron chi connectivity index (χ4n) is 1.97. The van der Waals surface area contributed by atoms with E-state index < -0.39 is 10.9 Å². The number of methoxy groups -OCH3 is 2. The molecule has 0 heterocycles. The minimum Gasteiger partial charge on any atom is -0.497 e. The Bertz CT molecular complexity index is 696. The topological polar surface area (TPSA) is 78.7 Å². The Morgan fingerprint density at radius 1 is 1.14 bits per heavy atom. The quantitative estimate of drug-likeness (QED) is 0.490. The van der Waals surface area contributed by atoms with Gasteiger partial charge < -0.3 is 9.47 Å². The van der Waals surface area contributed by atoms with E-state index >= 15 is 0 Å². The Morgan fingerprint density at radius 3 is 2.52 bits per heavy atom. The van der Waals surface area contributed by atoms with E-state index in [4.69, 9.17) is 9.47 Å². The molecule has 0 aliphatic rings. The number of nitro benzene ring substituents is 1. The van der Waals surface area contributed by atoms with Crippen LogP contribution in [0.3, 0.4) is 0 Å². The summed E-state index contributed by atoms with van der Waals surface area (Å²) in [5, 5.41) is 10.8. The van der Waals surface area contributed by atoms with E-state index in [-0.39, 0.29) is 11.3 Å². The minimum atomic E-state index is -0.628. The molecule has 0 aliphatic heterocycles. The standard InChI is InChI=1S/C15H13NO5/c1-20-12-5-3-4-10(8-12)13-7-6-11(16(18)19)9-14(13)15(17)21-2/h3-9H,1-2H3. The third-order valence-corrected chi connectivity index (χ3v) is 3.00. The number of carbonyl (C=O) groups is 1. The van der Waals surface area contributed by atoms with E-state index in [1.54, 1.807) is 24.3 Å². The Morgan fingerprint density at radius 2 is 1.90 bits per heavy atom. The van der Waals surface area contributed by atoms with Crippen molar-refractivity contribution < 1.29 is 19.2 Å². The van der Waals surface area contributed by atoms with Crippen LogP contribution in [0.2, 0.25) is 0 Å². The lowest BCUT2D eigenvalue weighted by atomic mass is 9.99. The van der Waals surface area contributed by atoms with Gasteiger partial charge in [0.1, 0.15) is 5.75 Å². The van der Waals surface area contributed by atoms with Gasteiger partial charge in [-0.25, -0.2) is 4.79 Å². The summed E-state index contributed by atoms with van der Waals surface area (Å²) in [6.07, 6.45) is 0. The molecule has 0 unspecified atom stereocenters. The summed E-state index contributed by atoms with van der Waals surface area (Å²) in [5.74, 6) is -0.00168. The Labute approximate surface area is 121 Å². The molecule has 0 saturated heterocycles. The second kappa shape index (κ2) is 6.04. The Hall–Kier alpha value is -2.89. The molecule has 0 atom stereocenters. The molecule has 0 spiro atoms. The number of benzene rings is 2. The second-order valence-electron chi connectivity index (χ2n) is 4.21. The lowest BCUT2D eigenvalue weighted by Gasteiger charge is -2.09. The molecule has 0 aliphatic carbocycles. The van der Waals surface area contributed by atoms with Crippen LogP contribution in [0.5, 0.6) is 5.75 Å². The highest BCUT2D eigenvalue weighted by atomic mass is 16.6. The Kier molecular flexibility index (Phi) is 4.18. The van der Waals surface area contributed by atoms with Crippen LogP contribution in [0.25, 0.3) is 11.1 Å². The highest BCUT2D eigenvalue weighted by Gasteiger charge is 2.18. The first-order chi connectivity index (χ1) is 10.1. The fourth-order valence-corrected chi connectivity index (χ4v) is 1.97. The molecule has 0 N–H and O–H groups in total. The normalized spacial score (nSPS) is 10.0.